The number of aliphatic imine (C=N–C) groups is 1. The average molecular weight is 362 g/mol. The third-order valence-electron chi connectivity index (χ3n) is 3.55. The minimum Gasteiger partial charge on any atom is -0.475 e. The van der Waals surface area contributed by atoms with Gasteiger partial charge in [-0.3, -0.25) is 9.79 Å². The summed E-state index contributed by atoms with van der Waals surface area (Å²) in [6, 6.07) is 2.84. The number of hydrogen-bond donors (Lipinski definition) is 1. The molecule has 3 rings (SSSR count). The van der Waals surface area contributed by atoms with E-state index in [0.29, 0.717) is 35.9 Å². The van der Waals surface area contributed by atoms with E-state index in [1.807, 2.05) is 6.08 Å². The molecule has 2 aromatic rings. The molecule has 0 saturated heterocycles. The number of hydrogen-bond acceptors (Lipinski definition) is 7. The highest BCUT2D eigenvalue weighted by atomic mass is 32.1. The lowest BCUT2D eigenvalue weighted by Crippen LogP contribution is -2.36. The smallest absolute Gasteiger partial charge is 0.338 e. The van der Waals surface area contributed by atoms with Gasteiger partial charge in [-0.25, -0.2) is 9.78 Å². The molecule has 0 atom stereocenters. The van der Waals surface area contributed by atoms with Gasteiger partial charge in [-0.2, -0.15) is 3.96 Å². The molecule has 0 aromatic carbocycles. The van der Waals surface area contributed by atoms with Crippen LogP contribution in [0.5, 0.6) is 0 Å². The summed E-state index contributed by atoms with van der Waals surface area (Å²) in [4.78, 5) is 33.6. The summed E-state index contributed by atoms with van der Waals surface area (Å²) < 4.78 is 11.6. The number of ether oxygens (including phenoxy) is 2. The minimum atomic E-state index is -0.490. The summed E-state index contributed by atoms with van der Waals surface area (Å²) in [6.45, 7) is 1.74. The van der Waals surface area contributed by atoms with Crippen molar-refractivity contribution >= 4 is 33.7 Å². The van der Waals surface area contributed by atoms with E-state index < -0.39 is 6.03 Å². The lowest BCUT2D eigenvalue weighted by Gasteiger charge is -2.16. The van der Waals surface area contributed by atoms with Gasteiger partial charge in [0.1, 0.15) is 11.4 Å². The average Bonchev–Trinajstić information content (AvgIpc) is 2.98. The number of aromatic nitrogens is 2. The molecular formula is C16H18N4O4S. The minimum absolute atomic E-state index is 0.235. The maximum Gasteiger partial charge on any atom is 0.338 e. The van der Waals surface area contributed by atoms with Gasteiger partial charge in [-0.15, -0.1) is 0 Å². The molecule has 0 saturated carbocycles. The Balaban J connectivity index is 1.66. The van der Waals surface area contributed by atoms with Crippen LogP contribution in [0.15, 0.2) is 39.8 Å². The molecule has 8 nitrogen and oxygen atoms in total. The Kier molecular flexibility index (Phi) is 5.56. The number of dihydropyridines is 1. The lowest BCUT2D eigenvalue weighted by molar-refractivity contribution is 0.141. The van der Waals surface area contributed by atoms with Crippen LogP contribution in [-0.4, -0.2) is 54.3 Å². The molecule has 3 heterocycles. The number of pyridine rings is 1. The van der Waals surface area contributed by atoms with Crippen molar-refractivity contribution in [2.45, 2.75) is 6.42 Å². The van der Waals surface area contributed by atoms with Gasteiger partial charge in [0.15, 0.2) is 0 Å². The van der Waals surface area contributed by atoms with E-state index in [0.717, 1.165) is 27.5 Å². The number of amides is 1. The molecule has 2 aromatic heterocycles. The monoisotopic (exact) mass is 362 g/mol. The standard InChI is InChI=1S/C16H18N4O4S/c1-23-8-9-24-13-11(4-2-6-17-13)10-19-16(22)20-15(21)12-5-3-7-18-14(12)25-20/h3-5,7H,2,6,8-10H2,1H3,(H,19,22). The van der Waals surface area contributed by atoms with Crippen molar-refractivity contribution in [2.75, 3.05) is 33.4 Å². The first-order valence-electron chi connectivity index (χ1n) is 7.81. The highest BCUT2D eigenvalue weighted by Crippen LogP contribution is 2.13. The molecule has 0 bridgehead atoms. The highest BCUT2D eigenvalue weighted by molar-refractivity contribution is 7.14. The summed E-state index contributed by atoms with van der Waals surface area (Å²) >= 11 is 1.02. The topological polar surface area (TPSA) is 94.8 Å². The first-order chi connectivity index (χ1) is 12.2. The van der Waals surface area contributed by atoms with Gasteiger partial charge in [-0.1, -0.05) is 6.08 Å². The van der Waals surface area contributed by atoms with Gasteiger partial charge in [0.05, 0.1) is 12.0 Å². The number of carbonyl (C=O) groups is 1. The second-order valence-electron chi connectivity index (χ2n) is 5.25. The predicted octanol–water partition coefficient (Wildman–Crippen LogP) is 1.41. The van der Waals surface area contributed by atoms with Crippen LogP contribution in [0.25, 0.3) is 10.2 Å². The fourth-order valence-electron chi connectivity index (χ4n) is 2.34. The Morgan fingerprint density at radius 1 is 1.44 bits per heavy atom. The Bertz CT molecular complexity index is 884. The van der Waals surface area contributed by atoms with Crippen LogP contribution in [0.3, 0.4) is 0 Å². The second kappa shape index (κ2) is 8.04. The van der Waals surface area contributed by atoms with Gasteiger partial charge >= 0.3 is 6.03 Å². The third kappa shape index (κ3) is 3.94. The lowest BCUT2D eigenvalue weighted by atomic mass is 10.1. The van der Waals surface area contributed by atoms with Crippen LogP contribution in [-0.2, 0) is 9.47 Å². The molecule has 132 valence electrons. The van der Waals surface area contributed by atoms with Crippen molar-refractivity contribution < 1.29 is 14.3 Å². The van der Waals surface area contributed by atoms with E-state index in [2.05, 4.69) is 15.3 Å². The van der Waals surface area contributed by atoms with E-state index in [1.54, 1.807) is 25.4 Å². The molecule has 1 amide bonds. The second-order valence-corrected chi connectivity index (χ2v) is 6.19. The molecular weight excluding hydrogens is 344 g/mol. The molecule has 0 fully saturated rings. The van der Waals surface area contributed by atoms with Crippen molar-refractivity contribution in [3.05, 3.63) is 40.3 Å². The summed E-state index contributed by atoms with van der Waals surface area (Å²) in [5.74, 6) is 0.508. The van der Waals surface area contributed by atoms with Crippen LogP contribution in [0, 0.1) is 0 Å². The van der Waals surface area contributed by atoms with E-state index in [9.17, 15) is 9.59 Å². The first-order valence-corrected chi connectivity index (χ1v) is 8.59. The summed E-state index contributed by atoms with van der Waals surface area (Å²) in [6.07, 6.45) is 4.35. The van der Waals surface area contributed by atoms with Crippen LogP contribution in [0.2, 0.25) is 0 Å². The molecule has 0 spiro atoms. The summed E-state index contributed by atoms with van der Waals surface area (Å²) in [7, 11) is 1.60. The predicted molar refractivity (Wildman–Crippen MR) is 95.5 cm³/mol. The molecule has 0 aliphatic carbocycles. The number of nitrogens with zero attached hydrogens (tertiary/aromatic N) is 3. The molecule has 0 unspecified atom stereocenters. The molecule has 1 aliphatic heterocycles. The zero-order valence-corrected chi connectivity index (χ0v) is 14.5. The molecule has 25 heavy (non-hydrogen) atoms. The fourth-order valence-corrected chi connectivity index (χ4v) is 3.20. The van der Waals surface area contributed by atoms with E-state index >= 15 is 0 Å². The van der Waals surface area contributed by atoms with Crippen LogP contribution >= 0.6 is 11.5 Å². The zero-order valence-electron chi connectivity index (χ0n) is 13.7. The van der Waals surface area contributed by atoms with Crippen LogP contribution < -0.4 is 10.9 Å². The van der Waals surface area contributed by atoms with Crippen LogP contribution in [0.1, 0.15) is 6.42 Å². The number of methoxy groups -OCH3 is 1. The van der Waals surface area contributed by atoms with Crippen molar-refractivity contribution in [3.63, 3.8) is 0 Å². The highest BCUT2D eigenvalue weighted by Gasteiger charge is 2.17. The van der Waals surface area contributed by atoms with E-state index in [-0.39, 0.29) is 12.1 Å². The summed E-state index contributed by atoms with van der Waals surface area (Å²) in [5.41, 5.74) is 0.427. The summed E-state index contributed by atoms with van der Waals surface area (Å²) in [5, 5.41) is 3.17. The third-order valence-corrected chi connectivity index (χ3v) is 4.57. The van der Waals surface area contributed by atoms with Crippen molar-refractivity contribution in [1.29, 1.82) is 0 Å². The zero-order chi connectivity index (χ0) is 17.6. The first kappa shape index (κ1) is 17.3. The molecule has 1 N–H and O–H groups in total. The number of rotatable bonds is 5. The molecule has 0 radical (unpaired) electrons. The Hall–Kier alpha value is -2.52. The number of nitrogens with one attached hydrogen (secondary N) is 1. The number of fused-ring (bicyclic) bond motifs is 1. The quantitative estimate of drug-likeness (QED) is 0.812. The van der Waals surface area contributed by atoms with Crippen LogP contribution in [0.4, 0.5) is 4.79 Å². The Morgan fingerprint density at radius 2 is 2.32 bits per heavy atom. The maximum absolute atomic E-state index is 12.4. The normalized spacial score (nSPS) is 14.1. The van der Waals surface area contributed by atoms with Crippen molar-refractivity contribution in [1.82, 2.24) is 14.3 Å². The Morgan fingerprint density at radius 3 is 3.12 bits per heavy atom. The van der Waals surface area contributed by atoms with Gasteiger partial charge in [0, 0.05) is 32.0 Å². The Labute approximate surface area is 147 Å². The van der Waals surface area contributed by atoms with Gasteiger partial charge in [0.25, 0.3) is 5.56 Å². The van der Waals surface area contributed by atoms with Gasteiger partial charge < -0.3 is 14.8 Å². The van der Waals surface area contributed by atoms with E-state index in [1.165, 1.54) is 0 Å². The molecule has 9 heteroatoms. The number of carbonyl (C=O) groups excluding carboxylic acids is 1. The van der Waals surface area contributed by atoms with Crippen molar-refractivity contribution in [2.24, 2.45) is 4.99 Å². The SMILES string of the molecule is COCCOC1=NCCC=C1CNC(=O)n1sc2ncccc2c1=O. The maximum atomic E-state index is 12.4. The van der Waals surface area contributed by atoms with E-state index in [4.69, 9.17) is 9.47 Å². The fraction of sp³-hybridized carbons (Fsp3) is 0.375. The van der Waals surface area contributed by atoms with Gasteiger partial charge in [0.2, 0.25) is 5.90 Å². The van der Waals surface area contributed by atoms with Gasteiger partial charge in [-0.05, 0) is 30.1 Å². The van der Waals surface area contributed by atoms with Crippen molar-refractivity contribution in [3.8, 4) is 0 Å². The largest absolute Gasteiger partial charge is 0.475 e. The molecule has 1 aliphatic rings.